The highest BCUT2D eigenvalue weighted by atomic mass is 32.2. The van der Waals surface area contributed by atoms with Crippen molar-refractivity contribution < 1.29 is 13.2 Å². The summed E-state index contributed by atoms with van der Waals surface area (Å²) in [4.78, 5) is 22.9. The van der Waals surface area contributed by atoms with Gasteiger partial charge in [-0.2, -0.15) is 0 Å². The number of anilines is 1. The van der Waals surface area contributed by atoms with Crippen LogP contribution in [0, 0.1) is 0 Å². The Morgan fingerprint density at radius 2 is 1.44 bits per heavy atom. The van der Waals surface area contributed by atoms with Gasteiger partial charge < -0.3 is 9.88 Å². The fourth-order valence-corrected chi connectivity index (χ4v) is 5.83. The average Bonchev–Trinajstić information content (AvgIpc) is 3.20. The van der Waals surface area contributed by atoms with E-state index < -0.39 is 15.7 Å². The first-order chi connectivity index (χ1) is 17.5. The Kier molecular flexibility index (Phi) is 6.52. The number of aromatic nitrogens is 3. The summed E-state index contributed by atoms with van der Waals surface area (Å²) < 4.78 is 29.9. The van der Waals surface area contributed by atoms with Crippen LogP contribution in [0.5, 0.6) is 0 Å². The van der Waals surface area contributed by atoms with E-state index in [0.29, 0.717) is 28.8 Å². The highest BCUT2D eigenvalue weighted by Crippen LogP contribution is 2.37. The predicted octanol–water partition coefficient (Wildman–Crippen LogP) is 5.86. The first kappa shape index (κ1) is 23.7. The summed E-state index contributed by atoms with van der Waals surface area (Å²) in [6, 6.07) is 24.3. The van der Waals surface area contributed by atoms with Crippen LogP contribution in [0.3, 0.4) is 0 Å². The minimum Gasteiger partial charge on any atom is -0.309 e. The lowest BCUT2D eigenvalue weighted by atomic mass is 10.2. The zero-order valence-corrected chi connectivity index (χ0v) is 20.7. The highest BCUT2D eigenvalue weighted by Gasteiger charge is 2.32. The number of aryl methyl sites for hydroxylation is 1. The Balaban J connectivity index is 1.81. The number of rotatable bonds is 8. The van der Waals surface area contributed by atoms with Crippen LogP contribution in [0.1, 0.15) is 36.5 Å². The van der Waals surface area contributed by atoms with Crippen LogP contribution in [0.4, 0.5) is 5.82 Å². The largest absolute Gasteiger partial charge is 0.309 e. The number of carbonyl (C=O) groups excluding carboxylic acids is 1. The Morgan fingerprint density at radius 1 is 0.833 bits per heavy atom. The monoisotopic (exact) mass is 498 g/mol. The van der Waals surface area contributed by atoms with Gasteiger partial charge in [-0.25, -0.2) is 18.4 Å². The molecule has 0 atom stereocenters. The smallest absolute Gasteiger partial charge is 0.256 e. The first-order valence-corrected chi connectivity index (χ1v) is 13.4. The molecule has 0 saturated heterocycles. The zero-order chi connectivity index (χ0) is 25.1. The summed E-state index contributed by atoms with van der Waals surface area (Å²) >= 11 is 0. The maximum Gasteiger partial charge on any atom is 0.256 e. The predicted molar refractivity (Wildman–Crippen MR) is 141 cm³/mol. The second-order valence-electron chi connectivity index (χ2n) is 8.56. The molecule has 1 N–H and O–H groups in total. The number of nitrogens with zero attached hydrogens (tertiary/aromatic N) is 3. The average molecular weight is 499 g/mol. The molecule has 5 rings (SSSR count). The SMILES string of the molecule is CCCCCn1c(NC(=O)c2ccccc2)c(S(=O)(=O)c2ccccc2)c2nc3ccccc3nc21. The van der Waals surface area contributed by atoms with Crippen molar-refractivity contribution in [2.45, 2.75) is 42.5 Å². The van der Waals surface area contributed by atoms with Gasteiger partial charge in [0.1, 0.15) is 16.2 Å². The van der Waals surface area contributed by atoms with E-state index in [9.17, 15) is 13.2 Å². The molecule has 0 spiro atoms. The summed E-state index contributed by atoms with van der Waals surface area (Å²) in [5.74, 6) is -0.210. The molecule has 3 aromatic carbocycles. The molecule has 0 aliphatic rings. The molecule has 2 heterocycles. The van der Waals surface area contributed by atoms with Crippen molar-refractivity contribution in [1.29, 1.82) is 0 Å². The molecular formula is C28H26N4O3S. The van der Waals surface area contributed by atoms with Crippen LogP contribution in [0.2, 0.25) is 0 Å². The van der Waals surface area contributed by atoms with Gasteiger partial charge in [-0.3, -0.25) is 4.79 Å². The number of fused-ring (bicyclic) bond motifs is 2. The molecule has 0 aliphatic carbocycles. The van der Waals surface area contributed by atoms with E-state index >= 15 is 0 Å². The van der Waals surface area contributed by atoms with E-state index in [0.717, 1.165) is 19.3 Å². The molecule has 8 heteroatoms. The molecule has 0 saturated carbocycles. The van der Waals surface area contributed by atoms with E-state index in [-0.39, 0.29) is 21.1 Å². The van der Waals surface area contributed by atoms with Gasteiger partial charge in [0.2, 0.25) is 9.84 Å². The van der Waals surface area contributed by atoms with Crippen molar-refractivity contribution in [2.75, 3.05) is 5.32 Å². The lowest BCUT2D eigenvalue weighted by molar-refractivity contribution is 0.102. The van der Waals surface area contributed by atoms with Gasteiger partial charge in [0.15, 0.2) is 5.65 Å². The van der Waals surface area contributed by atoms with Gasteiger partial charge in [-0.15, -0.1) is 0 Å². The number of carbonyl (C=O) groups is 1. The number of sulfone groups is 1. The molecule has 0 radical (unpaired) electrons. The number of amides is 1. The number of hydrogen-bond donors (Lipinski definition) is 1. The summed E-state index contributed by atoms with van der Waals surface area (Å²) in [5.41, 5.74) is 2.35. The summed E-state index contributed by atoms with van der Waals surface area (Å²) in [7, 11) is -4.04. The van der Waals surface area contributed by atoms with Crippen LogP contribution >= 0.6 is 0 Å². The van der Waals surface area contributed by atoms with Gasteiger partial charge in [0, 0.05) is 12.1 Å². The van der Waals surface area contributed by atoms with Crippen LogP contribution in [-0.2, 0) is 16.4 Å². The second-order valence-corrected chi connectivity index (χ2v) is 10.4. The highest BCUT2D eigenvalue weighted by molar-refractivity contribution is 7.92. The number of hydrogen-bond acceptors (Lipinski definition) is 5. The zero-order valence-electron chi connectivity index (χ0n) is 19.9. The Labute approximate surface area is 209 Å². The van der Waals surface area contributed by atoms with Crippen LogP contribution < -0.4 is 5.32 Å². The van der Waals surface area contributed by atoms with Crippen LogP contribution in [0.15, 0.2) is 94.7 Å². The Hall–Kier alpha value is -4.04. The summed E-state index contributed by atoms with van der Waals surface area (Å²) in [6.45, 7) is 2.59. The molecule has 0 aliphatic heterocycles. The molecule has 0 bridgehead atoms. The van der Waals surface area contributed by atoms with Gasteiger partial charge >= 0.3 is 0 Å². The topological polar surface area (TPSA) is 94.0 Å². The quantitative estimate of drug-likeness (QED) is 0.271. The fraction of sp³-hybridized carbons (Fsp3) is 0.179. The Bertz CT molecular complexity index is 1650. The second kappa shape index (κ2) is 9.91. The normalized spacial score (nSPS) is 11.7. The molecule has 5 aromatic rings. The van der Waals surface area contributed by atoms with Crippen molar-refractivity contribution >= 4 is 43.8 Å². The van der Waals surface area contributed by atoms with Gasteiger partial charge in [-0.1, -0.05) is 68.3 Å². The lowest BCUT2D eigenvalue weighted by Gasteiger charge is -2.13. The summed E-state index contributed by atoms with van der Waals surface area (Å²) in [5, 5.41) is 2.91. The molecular weight excluding hydrogens is 472 g/mol. The fourth-order valence-electron chi connectivity index (χ4n) is 4.28. The molecule has 7 nitrogen and oxygen atoms in total. The molecule has 0 fully saturated rings. The van der Waals surface area contributed by atoms with E-state index in [1.165, 1.54) is 0 Å². The molecule has 2 aromatic heterocycles. The summed E-state index contributed by atoms with van der Waals surface area (Å²) in [6.07, 6.45) is 2.75. The molecule has 36 heavy (non-hydrogen) atoms. The van der Waals surface area contributed by atoms with Crippen LogP contribution in [-0.4, -0.2) is 28.9 Å². The van der Waals surface area contributed by atoms with Crippen molar-refractivity contribution in [3.05, 3.63) is 90.5 Å². The van der Waals surface area contributed by atoms with Crippen molar-refractivity contribution in [3.8, 4) is 0 Å². The van der Waals surface area contributed by atoms with Crippen molar-refractivity contribution in [1.82, 2.24) is 14.5 Å². The van der Waals surface area contributed by atoms with Gasteiger partial charge in [-0.05, 0) is 42.8 Å². The minimum atomic E-state index is -4.04. The van der Waals surface area contributed by atoms with Gasteiger partial charge in [0.25, 0.3) is 5.91 Å². The number of benzene rings is 3. The lowest BCUT2D eigenvalue weighted by Crippen LogP contribution is -2.18. The third kappa shape index (κ3) is 4.35. The number of nitrogens with one attached hydrogen (secondary N) is 1. The van der Waals surface area contributed by atoms with Gasteiger partial charge in [0.05, 0.1) is 15.9 Å². The van der Waals surface area contributed by atoms with Crippen LogP contribution in [0.25, 0.3) is 22.2 Å². The first-order valence-electron chi connectivity index (χ1n) is 12.0. The van der Waals surface area contributed by atoms with E-state index in [1.54, 1.807) is 65.2 Å². The van der Waals surface area contributed by atoms with E-state index in [1.807, 2.05) is 24.3 Å². The molecule has 0 unspecified atom stereocenters. The molecule has 182 valence electrons. The van der Waals surface area contributed by atoms with E-state index in [4.69, 9.17) is 9.97 Å². The third-order valence-electron chi connectivity index (χ3n) is 6.08. The van der Waals surface area contributed by atoms with Crippen molar-refractivity contribution in [2.24, 2.45) is 0 Å². The molecule has 1 amide bonds. The van der Waals surface area contributed by atoms with E-state index in [2.05, 4.69) is 12.2 Å². The standard InChI is InChI=1S/C28H26N4O3S/c1-2-3-12-19-32-26-24(29-22-17-10-11-18-23(22)30-26)25(36(34,35)21-15-8-5-9-16-21)27(32)31-28(33)20-13-6-4-7-14-20/h4-11,13-18H,2-3,12,19H2,1H3,(H,31,33). The maximum atomic E-state index is 14.0. The minimum absolute atomic E-state index is 0.0391. The maximum absolute atomic E-state index is 14.0. The van der Waals surface area contributed by atoms with Crippen molar-refractivity contribution in [3.63, 3.8) is 0 Å². The third-order valence-corrected chi connectivity index (χ3v) is 7.90. The number of unbranched alkanes of at least 4 members (excludes halogenated alkanes) is 2. The Morgan fingerprint density at radius 3 is 2.11 bits per heavy atom. The number of para-hydroxylation sites is 2.